The Bertz CT molecular complexity index is 879. The van der Waals surface area contributed by atoms with Crippen molar-refractivity contribution in [3.63, 3.8) is 0 Å². The van der Waals surface area contributed by atoms with Gasteiger partial charge in [0.2, 0.25) is 0 Å². The van der Waals surface area contributed by atoms with Crippen LogP contribution in [0.25, 0.3) is 0 Å². The lowest BCUT2D eigenvalue weighted by atomic mass is 9.83. The first-order valence-corrected chi connectivity index (χ1v) is 11.2. The van der Waals surface area contributed by atoms with E-state index in [9.17, 15) is 9.18 Å². The SMILES string of the molecule is CCNC(CC)CCC1c2ccc(C(=O)N(CC)CC)cc2Oc2ccc(F)cc21. The highest BCUT2D eigenvalue weighted by atomic mass is 19.1. The summed E-state index contributed by atoms with van der Waals surface area (Å²) >= 11 is 0. The van der Waals surface area contributed by atoms with Crippen molar-refractivity contribution < 1.29 is 13.9 Å². The van der Waals surface area contributed by atoms with Gasteiger partial charge in [-0.15, -0.1) is 0 Å². The summed E-state index contributed by atoms with van der Waals surface area (Å²) in [5.74, 6) is 1.18. The van der Waals surface area contributed by atoms with E-state index in [-0.39, 0.29) is 17.6 Å². The summed E-state index contributed by atoms with van der Waals surface area (Å²) in [7, 11) is 0. The van der Waals surface area contributed by atoms with E-state index in [0.717, 1.165) is 36.9 Å². The Kier molecular flexibility index (Phi) is 7.48. The number of nitrogens with zero attached hydrogens (tertiary/aromatic N) is 1. The standard InChI is InChI=1S/C25H33FN2O2/c1-5-19(27-6-2)11-13-20-21-12-9-17(25(29)28(7-3)8-4)15-24(21)30-23-14-10-18(26)16-22(20)23/h9-10,12,14-16,19-20,27H,5-8,11,13H2,1-4H3. The Morgan fingerprint density at radius 2 is 1.83 bits per heavy atom. The molecule has 0 radical (unpaired) electrons. The molecule has 30 heavy (non-hydrogen) atoms. The topological polar surface area (TPSA) is 41.6 Å². The quantitative estimate of drug-likeness (QED) is 0.573. The van der Waals surface area contributed by atoms with E-state index in [1.807, 2.05) is 32.0 Å². The molecule has 5 heteroatoms. The molecule has 0 spiro atoms. The van der Waals surface area contributed by atoms with E-state index in [1.165, 1.54) is 6.07 Å². The maximum absolute atomic E-state index is 14.0. The molecule has 1 aliphatic rings. The summed E-state index contributed by atoms with van der Waals surface area (Å²) in [5.41, 5.74) is 2.54. The van der Waals surface area contributed by atoms with Crippen LogP contribution < -0.4 is 10.1 Å². The Morgan fingerprint density at radius 1 is 1.07 bits per heavy atom. The number of ether oxygens (including phenoxy) is 1. The summed E-state index contributed by atoms with van der Waals surface area (Å²) in [6.45, 7) is 10.5. The number of hydrogen-bond acceptors (Lipinski definition) is 3. The molecule has 0 saturated heterocycles. The number of benzene rings is 2. The van der Waals surface area contributed by atoms with Gasteiger partial charge in [0, 0.05) is 41.7 Å². The van der Waals surface area contributed by atoms with Crippen LogP contribution in [0.15, 0.2) is 36.4 Å². The molecule has 1 aliphatic heterocycles. The van der Waals surface area contributed by atoms with E-state index < -0.39 is 0 Å². The molecule has 3 rings (SSSR count). The minimum Gasteiger partial charge on any atom is -0.457 e. The normalized spacial score (nSPS) is 15.7. The molecule has 4 nitrogen and oxygen atoms in total. The average molecular weight is 413 g/mol. The smallest absolute Gasteiger partial charge is 0.253 e. The summed E-state index contributed by atoms with van der Waals surface area (Å²) in [5, 5.41) is 3.53. The summed E-state index contributed by atoms with van der Waals surface area (Å²) < 4.78 is 20.2. The third-order valence-corrected chi connectivity index (χ3v) is 6.04. The zero-order chi connectivity index (χ0) is 21.7. The van der Waals surface area contributed by atoms with Gasteiger partial charge in [-0.2, -0.15) is 0 Å². The lowest BCUT2D eigenvalue weighted by molar-refractivity contribution is 0.0772. The monoisotopic (exact) mass is 412 g/mol. The molecule has 0 aliphatic carbocycles. The molecule has 0 aromatic heterocycles. The zero-order valence-corrected chi connectivity index (χ0v) is 18.5. The highest BCUT2D eigenvalue weighted by Crippen LogP contribution is 2.46. The summed E-state index contributed by atoms with van der Waals surface area (Å²) in [6, 6.07) is 10.9. The van der Waals surface area contributed by atoms with E-state index >= 15 is 0 Å². The van der Waals surface area contributed by atoms with Gasteiger partial charge in [-0.05, 0) is 70.0 Å². The Morgan fingerprint density at radius 3 is 2.50 bits per heavy atom. The van der Waals surface area contributed by atoms with E-state index in [2.05, 4.69) is 19.2 Å². The predicted molar refractivity (Wildman–Crippen MR) is 119 cm³/mol. The fourth-order valence-electron chi connectivity index (χ4n) is 4.33. The van der Waals surface area contributed by atoms with Crippen molar-refractivity contribution in [2.45, 2.75) is 58.9 Å². The second-order valence-electron chi connectivity index (χ2n) is 7.81. The first-order chi connectivity index (χ1) is 14.5. The number of nitrogens with one attached hydrogen (secondary N) is 1. The van der Waals surface area contributed by atoms with Crippen LogP contribution in [0.1, 0.15) is 74.4 Å². The number of halogens is 1. The lowest BCUT2D eigenvalue weighted by Gasteiger charge is -2.30. The van der Waals surface area contributed by atoms with Gasteiger partial charge in [0.25, 0.3) is 5.91 Å². The summed E-state index contributed by atoms with van der Waals surface area (Å²) in [4.78, 5) is 14.6. The van der Waals surface area contributed by atoms with Gasteiger partial charge in [-0.25, -0.2) is 4.39 Å². The predicted octanol–water partition coefficient (Wildman–Crippen LogP) is 5.71. The molecule has 2 aromatic rings. The Labute approximate surface area is 179 Å². The third kappa shape index (κ3) is 4.67. The lowest BCUT2D eigenvalue weighted by Crippen LogP contribution is -2.30. The molecule has 162 valence electrons. The van der Waals surface area contributed by atoms with Gasteiger partial charge in [0.1, 0.15) is 17.3 Å². The average Bonchev–Trinajstić information content (AvgIpc) is 2.76. The van der Waals surface area contributed by atoms with E-state index in [0.29, 0.717) is 36.2 Å². The Hall–Kier alpha value is -2.40. The Balaban J connectivity index is 1.95. The molecule has 0 bridgehead atoms. The van der Waals surface area contributed by atoms with Gasteiger partial charge >= 0.3 is 0 Å². The van der Waals surface area contributed by atoms with Crippen molar-refractivity contribution in [3.05, 3.63) is 58.9 Å². The van der Waals surface area contributed by atoms with E-state index in [1.54, 1.807) is 17.0 Å². The molecule has 2 unspecified atom stereocenters. The fraction of sp³-hybridized carbons (Fsp3) is 0.480. The van der Waals surface area contributed by atoms with Crippen molar-refractivity contribution in [2.24, 2.45) is 0 Å². The number of amides is 1. The summed E-state index contributed by atoms with van der Waals surface area (Å²) in [6.07, 6.45) is 2.93. The van der Waals surface area contributed by atoms with Crippen molar-refractivity contribution in [2.75, 3.05) is 19.6 Å². The number of hydrogen-bond donors (Lipinski definition) is 1. The van der Waals surface area contributed by atoms with Crippen molar-refractivity contribution in [1.29, 1.82) is 0 Å². The first kappa shape index (κ1) is 22.3. The second-order valence-corrected chi connectivity index (χ2v) is 7.81. The van der Waals surface area contributed by atoms with Crippen LogP contribution in [-0.2, 0) is 0 Å². The fourth-order valence-corrected chi connectivity index (χ4v) is 4.33. The highest BCUT2D eigenvalue weighted by molar-refractivity contribution is 5.94. The second kappa shape index (κ2) is 10.1. The third-order valence-electron chi connectivity index (χ3n) is 6.04. The molecule has 1 amide bonds. The molecule has 2 atom stereocenters. The molecule has 0 fully saturated rings. The van der Waals surface area contributed by atoms with Gasteiger partial charge in [-0.1, -0.05) is 19.9 Å². The van der Waals surface area contributed by atoms with Crippen molar-refractivity contribution in [3.8, 4) is 11.5 Å². The maximum Gasteiger partial charge on any atom is 0.253 e. The van der Waals surface area contributed by atoms with Crippen molar-refractivity contribution >= 4 is 5.91 Å². The van der Waals surface area contributed by atoms with Gasteiger partial charge in [0.05, 0.1) is 0 Å². The van der Waals surface area contributed by atoms with Crippen LogP contribution in [0.4, 0.5) is 4.39 Å². The molecule has 0 saturated carbocycles. The van der Waals surface area contributed by atoms with E-state index in [4.69, 9.17) is 4.74 Å². The van der Waals surface area contributed by atoms with Gasteiger partial charge in [-0.3, -0.25) is 4.79 Å². The number of fused-ring (bicyclic) bond motifs is 2. The molecule has 1 heterocycles. The first-order valence-electron chi connectivity index (χ1n) is 11.2. The molecule has 2 aromatic carbocycles. The number of carbonyl (C=O) groups is 1. The minimum atomic E-state index is -0.252. The van der Waals surface area contributed by atoms with Crippen LogP contribution in [0.3, 0.4) is 0 Å². The van der Waals surface area contributed by atoms with Crippen molar-refractivity contribution in [1.82, 2.24) is 10.2 Å². The minimum absolute atomic E-state index is 0.00560. The highest BCUT2D eigenvalue weighted by Gasteiger charge is 2.29. The zero-order valence-electron chi connectivity index (χ0n) is 18.5. The van der Waals surface area contributed by atoms with Gasteiger partial charge in [0.15, 0.2) is 0 Å². The van der Waals surface area contributed by atoms with Crippen LogP contribution in [0, 0.1) is 5.82 Å². The largest absolute Gasteiger partial charge is 0.457 e. The van der Waals surface area contributed by atoms with Gasteiger partial charge < -0.3 is 15.0 Å². The maximum atomic E-state index is 14.0. The van der Waals surface area contributed by atoms with Crippen LogP contribution in [0.2, 0.25) is 0 Å². The molecular weight excluding hydrogens is 379 g/mol. The molecular formula is C25H33FN2O2. The molecule has 1 N–H and O–H groups in total. The van der Waals surface area contributed by atoms with Crippen LogP contribution in [0.5, 0.6) is 11.5 Å². The number of carbonyl (C=O) groups excluding carboxylic acids is 1. The number of rotatable bonds is 9. The van der Waals surface area contributed by atoms with Crippen LogP contribution >= 0.6 is 0 Å². The van der Waals surface area contributed by atoms with Crippen LogP contribution in [-0.4, -0.2) is 36.5 Å².